The Bertz CT molecular complexity index is 440. The molecule has 2 heteroatoms. The summed E-state index contributed by atoms with van der Waals surface area (Å²) in [5.41, 5.74) is 0. The average molecular weight is 425 g/mol. The Labute approximate surface area is 186 Å². The van der Waals surface area contributed by atoms with Crippen LogP contribution in [0.2, 0.25) is 0 Å². The molecule has 0 heterocycles. The van der Waals surface area contributed by atoms with Gasteiger partial charge in [-0.2, -0.15) is 0 Å². The summed E-state index contributed by atoms with van der Waals surface area (Å²) in [4.78, 5) is 0. The van der Waals surface area contributed by atoms with E-state index in [0.717, 1.165) is 63.2 Å². The molecule has 0 aliphatic heterocycles. The van der Waals surface area contributed by atoms with Crippen LogP contribution < -0.4 is 0 Å². The molecule has 0 nitrogen and oxygen atoms in total. The number of hydrogen-bond donors (Lipinski definition) is 0. The minimum atomic E-state index is -0.603. The van der Waals surface area contributed by atoms with E-state index in [1.807, 2.05) is 0 Å². The molecule has 0 aromatic carbocycles. The molecule has 0 spiro atoms. The molecule has 2 unspecified atom stereocenters. The fraction of sp³-hybridized carbons (Fsp3) is 1.00. The van der Waals surface area contributed by atoms with Crippen molar-refractivity contribution in [3.63, 3.8) is 0 Å². The van der Waals surface area contributed by atoms with Crippen LogP contribution in [0.1, 0.15) is 129 Å². The quantitative estimate of drug-likeness (QED) is 0.327. The summed E-state index contributed by atoms with van der Waals surface area (Å²) >= 11 is 0. The van der Waals surface area contributed by atoms with Crippen molar-refractivity contribution in [1.29, 1.82) is 0 Å². The van der Waals surface area contributed by atoms with E-state index in [-0.39, 0.29) is 5.92 Å². The number of alkyl halides is 2. The van der Waals surface area contributed by atoms with E-state index in [4.69, 9.17) is 0 Å². The van der Waals surface area contributed by atoms with Crippen LogP contribution in [0.3, 0.4) is 0 Å². The largest absolute Gasteiger partial charge is 0.247 e. The van der Waals surface area contributed by atoms with E-state index in [1.165, 1.54) is 64.2 Å². The molecule has 3 fully saturated rings. The Morgan fingerprint density at radius 1 is 0.500 bits per heavy atom. The SMILES string of the molecule is CCCC1CCC(CC(F)C2CCC(CC(F)C3CCC(CCC)CC3)CC2)CC1. The minimum absolute atomic E-state index is 0.261. The van der Waals surface area contributed by atoms with Crippen molar-refractivity contribution in [1.82, 2.24) is 0 Å². The molecule has 0 bridgehead atoms. The van der Waals surface area contributed by atoms with E-state index in [0.29, 0.717) is 17.8 Å². The Morgan fingerprint density at radius 2 is 0.800 bits per heavy atom. The summed E-state index contributed by atoms with van der Waals surface area (Å²) in [5, 5.41) is 0. The van der Waals surface area contributed by atoms with Crippen LogP contribution in [-0.2, 0) is 0 Å². The fourth-order valence-corrected chi connectivity index (χ4v) is 7.22. The van der Waals surface area contributed by atoms with E-state index in [9.17, 15) is 4.39 Å². The smallest absolute Gasteiger partial charge is 0.103 e. The second-order valence-corrected chi connectivity index (χ2v) is 11.5. The fourth-order valence-electron chi connectivity index (χ4n) is 7.22. The van der Waals surface area contributed by atoms with Gasteiger partial charge in [-0.1, -0.05) is 78.1 Å². The average Bonchev–Trinajstić information content (AvgIpc) is 2.76. The van der Waals surface area contributed by atoms with Gasteiger partial charge in [0.2, 0.25) is 0 Å². The van der Waals surface area contributed by atoms with Crippen molar-refractivity contribution < 1.29 is 8.78 Å². The molecular weight excluding hydrogens is 374 g/mol. The molecule has 3 aliphatic rings. The van der Waals surface area contributed by atoms with E-state index in [1.54, 1.807) is 0 Å². The van der Waals surface area contributed by atoms with Gasteiger partial charge in [0.05, 0.1) is 0 Å². The summed E-state index contributed by atoms with van der Waals surface area (Å²) in [6.45, 7) is 4.55. The third-order valence-corrected chi connectivity index (χ3v) is 9.28. The Morgan fingerprint density at radius 3 is 1.17 bits per heavy atom. The first-order chi connectivity index (χ1) is 14.6. The highest BCUT2D eigenvalue weighted by atomic mass is 19.1. The third-order valence-electron chi connectivity index (χ3n) is 9.28. The zero-order valence-corrected chi connectivity index (χ0v) is 20.1. The Kier molecular flexibility index (Phi) is 10.4. The van der Waals surface area contributed by atoms with Crippen LogP contribution in [0.15, 0.2) is 0 Å². The van der Waals surface area contributed by atoms with E-state index >= 15 is 4.39 Å². The molecule has 0 aromatic rings. The molecule has 176 valence electrons. The molecule has 0 N–H and O–H groups in total. The van der Waals surface area contributed by atoms with Crippen LogP contribution in [0.4, 0.5) is 8.78 Å². The van der Waals surface area contributed by atoms with Crippen LogP contribution in [0, 0.1) is 35.5 Å². The summed E-state index contributed by atoms with van der Waals surface area (Å²) < 4.78 is 30.0. The summed E-state index contributed by atoms with van der Waals surface area (Å²) in [5.74, 6) is 3.49. The monoisotopic (exact) mass is 424 g/mol. The number of rotatable bonds is 10. The lowest BCUT2D eigenvalue weighted by Crippen LogP contribution is -2.29. The molecule has 0 aromatic heterocycles. The highest BCUT2D eigenvalue weighted by molar-refractivity contribution is 4.84. The van der Waals surface area contributed by atoms with Crippen molar-refractivity contribution in [2.24, 2.45) is 35.5 Å². The van der Waals surface area contributed by atoms with Gasteiger partial charge in [-0.3, -0.25) is 0 Å². The van der Waals surface area contributed by atoms with Crippen LogP contribution in [0.5, 0.6) is 0 Å². The molecule has 3 saturated carbocycles. The van der Waals surface area contributed by atoms with Gasteiger partial charge in [-0.05, 0) is 86.9 Å². The molecule has 0 radical (unpaired) electrons. The van der Waals surface area contributed by atoms with Crippen molar-refractivity contribution in [2.75, 3.05) is 0 Å². The van der Waals surface area contributed by atoms with Crippen LogP contribution in [-0.4, -0.2) is 12.3 Å². The van der Waals surface area contributed by atoms with Gasteiger partial charge in [-0.15, -0.1) is 0 Å². The van der Waals surface area contributed by atoms with Gasteiger partial charge < -0.3 is 0 Å². The molecule has 0 saturated heterocycles. The predicted octanol–water partition coefficient (Wildman–Crippen LogP) is 9.46. The van der Waals surface area contributed by atoms with Gasteiger partial charge in [0.1, 0.15) is 12.3 Å². The van der Waals surface area contributed by atoms with Crippen molar-refractivity contribution >= 4 is 0 Å². The zero-order valence-electron chi connectivity index (χ0n) is 20.1. The maximum atomic E-state index is 15.0. The van der Waals surface area contributed by atoms with Gasteiger partial charge in [0.15, 0.2) is 0 Å². The van der Waals surface area contributed by atoms with Crippen LogP contribution in [0.25, 0.3) is 0 Å². The lowest BCUT2D eigenvalue weighted by Gasteiger charge is -2.36. The van der Waals surface area contributed by atoms with Gasteiger partial charge in [0, 0.05) is 0 Å². The molecular formula is C28H50F2. The highest BCUT2D eigenvalue weighted by Gasteiger charge is 2.34. The first-order valence-corrected chi connectivity index (χ1v) is 13.9. The topological polar surface area (TPSA) is 0 Å². The first-order valence-electron chi connectivity index (χ1n) is 13.9. The minimum Gasteiger partial charge on any atom is -0.247 e. The second kappa shape index (κ2) is 12.8. The molecule has 3 aliphatic carbocycles. The molecule has 0 amide bonds. The van der Waals surface area contributed by atoms with Crippen molar-refractivity contribution in [2.45, 2.75) is 142 Å². The van der Waals surface area contributed by atoms with Crippen molar-refractivity contribution in [3.8, 4) is 0 Å². The van der Waals surface area contributed by atoms with E-state index in [2.05, 4.69) is 13.8 Å². The Balaban J connectivity index is 1.31. The van der Waals surface area contributed by atoms with Crippen molar-refractivity contribution in [3.05, 3.63) is 0 Å². The second-order valence-electron chi connectivity index (χ2n) is 11.5. The Hall–Kier alpha value is -0.140. The number of hydrogen-bond acceptors (Lipinski definition) is 0. The lowest BCUT2D eigenvalue weighted by molar-refractivity contribution is 0.0885. The normalized spacial score (nSPS) is 37.6. The predicted molar refractivity (Wildman–Crippen MR) is 125 cm³/mol. The van der Waals surface area contributed by atoms with E-state index < -0.39 is 12.3 Å². The summed E-state index contributed by atoms with van der Waals surface area (Å²) in [6, 6.07) is 0. The maximum absolute atomic E-state index is 15.0. The zero-order chi connectivity index (χ0) is 21.3. The van der Waals surface area contributed by atoms with Gasteiger partial charge in [0.25, 0.3) is 0 Å². The molecule has 30 heavy (non-hydrogen) atoms. The third kappa shape index (κ3) is 7.47. The first kappa shape index (κ1) is 24.5. The van der Waals surface area contributed by atoms with Gasteiger partial charge >= 0.3 is 0 Å². The van der Waals surface area contributed by atoms with Crippen LogP contribution >= 0.6 is 0 Å². The molecule has 3 rings (SSSR count). The summed E-state index contributed by atoms with van der Waals surface area (Å²) in [7, 11) is 0. The highest BCUT2D eigenvalue weighted by Crippen LogP contribution is 2.42. The summed E-state index contributed by atoms with van der Waals surface area (Å²) in [6.07, 6.45) is 19.6. The number of halogens is 2. The lowest BCUT2D eigenvalue weighted by atomic mass is 9.72. The standard InChI is InChI=1S/C28H50F2/c1-3-5-21-7-9-23(10-8-21)19-27(29)26-17-13-24(14-18-26)20-28(30)25-15-11-22(6-4-2)12-16-25/h21-28H,3-20H2,1-2H3. The molecule has 2 atom stereocenters. The van der Waals surface area contributed by atoms with Gasteiger partial charge in [-0.25, -0.2) is 8.78 Å². The maximum Gasteiger partial charge on any atom is 0.103 e.